The molecule has 0 aliphatic rings. The van der Waals surface area contributed by atoms with E-state index in [0.717, 1.165) is 12.2 Å². The van der Waals surface area contributed by atoms with Gasteiger partial charge in [-0.05, 0) is 67.6 Å². The van der Waals surface area contributed by atoms with Crippen molar-refractivity contribution in [2.45, 2.75) is 40.3 Å². The summed E-state index contributed by atoms with van der Waals surface area (Å²) in [6.45, 7) is 9.59. The lowest BCUT2D eigenvalue weighted by atomic mass is 10.0. The van der Waals surface area contributed by atoms with Gasteiger partial charge in [-0.25, -0.2) is 9.67 Å². The summed E-state index contributed by atoms with van der Waals surface area (Å²) in [5, 5.41) is 7.77. The zero-order chi connectivity index (χ0) is 17.1. The maximum Gasteiger partial charge on any atom is 0.138 e. The van der Waals surface area contributed by atoms with Gasteiger partial charge >= 0.3 is 0 Å². The quantitative estimate of drug-likeness (QED) is 0.771. The molecule has 3 rings (SSSR count). The number of aryl methyl sites for hydroxylation is 3. The normalized spacial score (nSPS) is 12.3. The van der Waals surface area contributed by atoms with Crippen LogP contribution in [-0.4, -0.2) is 14.8 Å². The van der Waals surface area contributed by atoms with Gasteiger partial charge in [0.2, 0.25) is 0 Å². The summed E-state index contributed by atoms with van der Waals surface area (Å²) in [5.74, 6) is 0. The highest BCUT2D eigenvalue weighted by atomic mass is 15.3. The van der Waals surface area contributed by atoms with E-state index in [0.29, 0.717) is 0 Å². The second kappa shape index (κ2) is 6.97. The number of aromatic nitrogens is 3. The van der Waals surface area contributed by atoms with Gasteiger partial charge in [0.15, 0.2) is 0 Å². The first-order valence-electron chi connectivity index (χ1n) is 8.29. The molecule has 1 unspecified atom stereocenters. The van der Waals surface area contributed by atoms with Crippen LogP contribution in [0.2, 0.25) is 0 Å². The standard InChI is InChI=1S/C20H24N4/c1-14-9-16(3)19(10-15(14)2)11-22-17(4)18-5-7-20(8-6-18)24-13-21-12-23-24/h5-10,12-13,17,22H,11H2,1-4H3. The third kappa shape index (κ3) is 3.54. The molecule has 4 heteroatoms. The van der Waals surface area contributed by atoms with E-state index in [-0.39, 0.29) is 6.04 Å². The van der Waals surface area contributed by atoms with Crippen LogP contribution < -0.4 is 5.32 Å². The highest BCUT2D eigenvalue weighted by molar-refractivity contribution is 5.37. The molecular weight excluding hydrogens is 296 g/mol. The molecule has 0 radical (unpaired) electrons. The smallest absolute Gasteiger partial charge is 0.138 e. The predicted molar refractivity (Wildman–Crippen MR) is 97.3 cm³/mol. The van der Waals surface area contributed by atoms with Crippen molar-refractivity contribution >= 4 is 0 Å². The van der Waals surface area contributed by atoms with Gasteiger partial charge in [0, 0.05) is 12.6 Å². The molecular formula is C20H24N4. The van der Waals surface area contributed by atoms with Crippen molar-refractivity contribution in [1.82, 2.24) is 20.1 Å². The minimum absolute atomic E-state index is 0.288. The molecule has 0 bridgehead atoms. The summed E-state index contributed by atoms with van der Waals surface area (Å²) in [7, 11) is 0. The summed E-state index contributed by atoms with van der Waals surface area (Å²) in [5.41, 5.74) is 7.70. The van der Waals surface area contributed by atoms with Crippen molar-refractivity contribution in [2.75, 3.05) is 0 Å². The number of hydrogen-bond acceptors (Lipinski definition) is 3. The molecule has 0 amide bonds. The molecule has 124 valence electrons. The van der Waals surface area contributed by atoms with Crippen LogP contribution in [0.4, 0.5) is 0 Å². The fraction of sp³-hybridized carbons (Fsp3) is 0.300. The first-order chi connectivity index (χ1) is 11.5. The highest BCUT2D eigenvalue weighted by Crippen LogP contribution is 2.18. The largest absolute Gasteiger partial charge is 0.306 e. The van der Waals surface area contributed by atoms with E-state index in [1.165, 1.54) is 27.8 Å². The van der Waals surface area contributed by atoms with E-state index in [4.69, 9.17) is 0 Å². The third-order valence-electron chi connectivity index (χ3n) is 4.63. The molecule has 1 N–H and O–H groups in total. The number of nitrogens with zero attached hydrogens (tertiary/aromatic N) is 3. The molecule has 0 saturated heterocycles. The molecule has 1 atom stereocenters. The summed E-state index contributed by atoms with van der Waals surface area (Å²) < 4.78 is 1.76. The topological polar surface area (TPSA) is 42.7 Å². The monoisotopic (exact) mass is 320 g/mol. The molecule has 2 aromatic carbocycles. The zero-order valence-electron chi connectivity index (χ0n) is 14.7. The lowest BCUT2D eigenvalue weighted by Crippen LogP contribution is -2.19. The van der Waals surface area contributed by atoms with Crippen LogP contribution in [0.3, 0.4) is 0 Å². The molecule has 1 heterocycles. The van der Waals surface area contributed by atoms with E-state index in [1.807, 2.05) is 0 Å². The average molecular weight is 320 g/mol. The highest BCUT2D eigenvalue weighted by Gasteiger charge is 2.08. The Labute approximate surface area is 143 Å². The van der Waals surface area contributed by atoms with E-state index >= 15 is 0 Å². The first kappa shape index (κ1) is 16.4. The fourth-order valence-corrected chi connectivity index (χ4v) is 2.85. The van der Waals surface area contributed by atoms with Crippen LogP contribution in [0, 0.1) is 20.8 Å². The summed E-state index contributed by atoms with van der Waals surface area (Å²) >= 11 is 0. The van der Waals surface area contributed by atoms with Gasteiger partial charge in [0.1, 0.15) is 12.7 Å². The van der Waals surface area contributed by atoms with Gasteiger partial charge in [-0.1, -0.05) is 24.3 Å². The Balaban J connectivity index is 1.67. The SMILES string of the molecule is Cc1cc(C)c(CNC(C)c2ccc(-n3cncn3)cc2)cc1C. The van der Waals surface area contributed by atoms with E-state index in [2.05, 4.69) is 79.5 Å². The molecule has 1 aromatic heterocycles. The Bertz CT molecular complexity index is 804. The Morgan fingerprint density at radius 2 is 1.71 bits per heavy atom. The van der Waals surface area contributed by atoms with Gasteiger partial charge in [-0.2, -0.15) is 5.10 Å². The Morgan fingerprint density at radius 3 is 2.38 bits per heavy atom. The third-order valence-corrected chi connectivity index (χ3v) is 4.63. The number of nitrogens with one attached hydrogen (secondary N) is 1. The Kier molecular flexibility index (Phi) is 4.76. The Hall–Kier alpha value is -2.46. The first-order valence-corrected chi connectivity index (χ1v) is 8.29. The molecule has 0 saturated carbocycles. The zero-order valence-corrected chi connectivity index (χ0v) is 14.7. The molecule has 0 aliphatic carbocycles. The molecule has 0 fully saturated rings. The summed E-state index contributed by atoms with van der Waals surface area (Å²) in [6, 6.07) is 13.3. The lowest BCUT2D eigenvalue weighted by Gasteiger charge is -2.17. The van der Waals surface area contributed by atoms with Crippen molar-refractivity contribution in [3.05, 3.63) is 76.9 Å². The molecule has 3 aromatic rings. The second-order valence-electron chi connectivity index (χ2n) is 6.40. The van der Waals surface area contributed by atoms with Crippen molar-refractivity contribution in [3.8, 4) is 5.69 Å². The van der Waals surface area contributed by atoms with Crippen molar-refractivity contribution < 1.29 is 0 Å². The van der Waals surface area contributed by atoms with Gasteiger partial charge in [0.05, 0.1) is 5.69 Å². The number of hydrogen-bond donors (Lipinski definition) is 1. The van der Waals surface area contributed by atoms with Crippen LogP contribution >= 0.6 is 0 Å². The molecule has 0 aliphatic heterocycles. The minimum atomic E-state index is 0.288. The Morgan fingerprint density at radius 1 is 1.00 bits per heavy atom. The number of benzene rings is 2. The predicted octanol–water partition coefficient (Wildman–Crippen LogP) is 4.04. The summed E-state index contributed by atoms with van der Waals surface area (Å²) in [4.78, 5) is 3.98. The van der Waals surface area contributed by atoms with Crippen LogP contribution in [-0.2, 0) is 6.54 Å². The maximum absolute atomic E-state index is 4.15. The van der Waals surface area contributed by atoms with Gasteiger partial charge in [-0.3, -0.25) is 0 Å². The van der Waals surface area contributed by atoms with Crippen LogP contribution in [0.5, 0.6) is 0 Å². The maximum atomic E-state index is 4.15. The van der Waals surface area contributed by atoms with Gasteiger partial charge in [-0.15, -0.1) is 0 Å². The minimum Gasteiger partial charge on any atom is -0.306 e. The van der Waals surface area contributed by atoms with Gasteiger partial charge in [0.25, 0.3) is 0 Å². The number of rotatable bonds is 5. The molecule has 4 nitrogen and oxygen atoms in total. The summed E-state index contributed by atoms with van der Waals surface area (Å²) in [6.07, 6.45) is 3.25. The molecule has 24 heavy (non-hydrogen) atoms. The van der Waals surface area contributed by atoms with Crippen LogP contribution in [0.25, 0.3) is 5.69 Å². The van der Waals surface area contributed by atoms with Crippen molar-refractivity contribution in [3.63, 3.8) is 0 Å². The van der Waals surface area contributed by atoms with E-state index < -0.39 is 0 Å². The van der Waals surface area contributed by atoms with Crippen LogP contribution in [0.1, 0.15) is 40.8 Å². The fourth-order valence-electron chi connectivity index (χ4n) is 2.85. The van der Waals surface area contributed by atoms with Gasteiger partial charge < -0.3 is 5.32 Å². The van der Waals surface area contributed by atoms with E-state index in [9.17, 15) is 0 Å². The van der Waals surface area contributed by atoms with E-state index in [1.54, 1.807) is 17.3 Å². The molecule has 0 spiro atoms. The average Bonchev–Trinajstić information content (AvgIpc) is 3.11. The second-order valence-corrected chi connectivity index (χ2v) is 6.40. The van der Waals surface area contributed by atoms with Crippen molar-refractivity contribution in [2.24, 2.45) is 0 Å². The van der Waals surface area contributed by atoms with Crippen LogP contribution in [0.15, 0.2) is 49.1 Å². The lowest BCUT2D eigenvalue weighted by molar-refractivity contribution is 0.573. The van der Waals surface area contributed by atoms with Crippen molar-refractivity contribution in [1.29, 1.82) is 0 Å².